The molecule has 0 unspecified atom stereocenters. The summed E-state index contributed by atoms with van der Waals surface area (Å²) < 4.78 is 0. The first-order valence-electron chi connectivity index (χ1n) is 7.27. The Morgan fingerprint density at radius 1 is 1.12 bits per heavy atom. The van der Waals surface area contributed by atoms with Crippen molar-refractivity contribution in [2.75, 3.05) is 5.73 Å². The molecule has 1 heterocycles. The Balaban J connectivity index is 2.47. The smallest absolute Gasteiger partial charge is 0.142 e. The van der Waals surface area contributed by atoms with Gasteiger partial charge in [-0.1, -0.05) is 41.9 Å². The SMILES string of the molecule is Cc1nc(N)c(C#N)c(-c2cc(Cl)ccc2O)c1-c1ccccc1. The van der Waals surface area contributed by atoms with Crippen LogP contribution in [0, 0.1) is 18.3 Å². The lowest BCUT2D eigenvalue weighted by atomic mass is 9.90. The van der Waals surface area contributed by atoms with Crippen LogP contribution in [0.25, 0.3) is 22.3 Å². The number of aryl methyl sites for hydroxylation is 1. The van der Waals surface area contributed by atoms with Gasteiger partial charge in [-0.25, -0.2) is 4.98 Å². The Kier molecular flexibility index (Phi) is 4.11. The number of halogens is 1. The van der Waals surface area contributed by atoms with Crippen molar-refractivity contribution >= 4 is 17.4 Å². The molecule has 3 N–H and O–H groups in total. The zero-order chi connectivity index (χ0) is 17.3. The van der Waals surface area contributed by atoms with Crippen molar-refractivity contribution in [2.24, 2.45) is 0 Å². The monoisotopic (exact) mass is 335 g/mol. The molecule has 0 saturated heterocycles. The van der Waals surface area contributed by atoms with E-state index in [0.29, 0.717) is 21.8 Å². The second-order valence-electron chi connectivity index (χ2n) is 5.35. The van der Waals surface area contributed by atoms with Crippen LogP contribution in [-0.4, -0.2) is 10.1 Å². The average molecular weight is 336 g/mol. The lowest BCUT2D eigenvalue weighted by molar-refractivity contribution is 0.477. The van der Waals surface area contributed by atoms with Crippen molar-refractivity contribution in [2.45, 2.75) is 6.92 Å². The van der Waals surface area contributed by atoms with Gasteiger partial charge in [0.15, 0.2) is 0 Å². The molecule has 1 aromatic heterocycles. The molecule has 0 amide bonds. The fourth-order valence-corrected chi connectivity index (χ4v) is 2.95. The summed E-state index contributed by atoms with van der Waals surface area (Å²) in [5.41, 5.74) is 9.47. The third-order valence-corrected chi connectivity index (χ3v) is 4.04. The Morgan fingerprint density at radius 3 is 2.50 bits per heavy atom. The standard InChI is InChI=1S/C19H14ClN3O/c1-11-17(12-5-3-2-4-6-12)18(15(10-21)19(22)23-11)14-9-13(20)7-8-16(14)24/h2-9,24H,1H3,(H2,22,23). The van der Waals surface area contributed by atoms with Crippen molar-refractivity contribution in [3.8, 4) is 34.1 Å². The topological polar surface area (TPSA) is 82.9 Å². The van der Waals surface area contributed by atoms with Crippen LogP contribution in [0.4, 0.5) is 5.82 Å². The van der Waals surface area contributed by atoms with Crippen LogP contribution in [0.1, 0.15) is 11.3 Å². The third kappa shape index (κ3) is 2.66. The van der Waals surface area contributed by atoms with Gasteiger partial charge in [0.05, 0.1) is 0 Å². The second kappa shape index (κ2) is 6.23. The van der Waals surface area contributed by atoms with Crippen molar-refractivity contribution in [3.63, 3.8) is 0 Å². The van der Waals surface area contributed by atoms with E-state index in [-0.39, 0.29) is 17.1 Å². The zero-order valence-electron chi connectivity index (χ0n) is 12.9. The summed E-state index contributed by atoms with van der Waals surface area (Å²) in [6.45, 7) is 1.82. The Bertz CT molecular complexity index is 963. The summed E-state index contributed by atoms with van der Waals surface area (Å²) in [5, 5.41) is 20.4. The lowest BCUT2D eigenvalue weighted by Gasteiger charge is -2.17. The number of nitriles is 1. The molecular formula is C19H14ClN3O. The maximum Gasteiger partial charge on any atom is 0.142 e. The van der Waals surface area contributed by atoms with E-state index >= 15 is 0 Å². The molecule has 0 saturated carbocycles. The molecule has 0 radical (unpaired) electrons. The highest BCUT2D eigenvalue weighted by Gasteiger charge is 2.21. The van der Waals surface area contributed by atoms with Gasteiger partial charge in [0, 0.05) is 27.4 Å². The normalized spacial score (nSPS) is 10.4. The number of aromatic hydroxyl groups is 1. The van der Waals surface area contributed by atoms with Gasteiger partial charge >= 0.3 is 0 Å². The number of rotatable bonds is 2. The van der Waals surface area contributed by atoms with Crippen molar-refractivity contribution in [1.29, 1.82) is 5.26 Å². The highest BCUT2D eigenvalue weighted by atomic mass is 35.5. The summed E-state index contributed by atoms with van der Waals surface area (Å²) in [6, 6.07) is 16.4. The van der Waals surface area contributed by atoms with Crippen molar-refractivity contribution in [1.82, 2.24) is 4.98 Å². The van der Waals surface area contributed by atoms with E-state index in [0.717, 1.165) is 11.1 Å². The predicted molar refractivity (Wildman–Crippen MR) is 95.6 cm³/mol. The number of nitrogen functional groups attached to an aromatic ring is 1. The Hall–Kier alpha value is -3.03. The van der Waals surface area contributed by atoms with E-state index < -0.39 is 0 Å². The first kappa shape index (κ1) is 15.9. The van der Waals surface area contributed by atoms with E-state index in [2.05, 4.69) is 11.1 Å². The van der Waals surface area contributed by atoms with Crippen LogP contribution in [0.15, 0.2) is 48.5 Å². The van der Waals surface area contributed by atoms with E-state index in [1.165, 1.54) is 6.07 Å². The van der Waals surface area contributed by atoms with Crippen LogP contribution in [0.3, 0.4) is 0 Å². The number of anilines is 1. The zero-order valence-corrected chi connectivity index (χ0v) is 13.7. The number of nitrogens with zero attached hydrogens (tertiary/aromatic N) is 2. The fraction of sp³-hybridized carbons (Fsp3) is 0.0526. The molecule has 0 aliphatic carbocycles. The number of hydrogen-bond acceptors (Lipinski definition) is 4. The van der Waals surface area contributed by atoms with E-state index in [4.69, 9.17) is 17.3 Å². The molecular weight excluding hydrogens is 322 g/mol. The Labute approximate surface area is 144 Å². The van der Waals surface area contributed by atoms with Gasteiger partial charge in [0.2, 0.25) is 0 Å². The van der Waals surface area contributed by atoms with E-state index in [1.54, 1.807) is 12.1 Å². The van der Waals surface area contributed by atoms with E-state index in [1.807, 2.05) is 37.3 Å². The number of hydrogen-bond donors (Lipinski definition) is 2. The van der Waals surface area contributed by atoms with Crippen molar-refractivity contribution in [3.05, 3.63) is 64.8 Å². The summed E-state index contributed by atoms with van der Waals surface area (Å²) in [4.78, 5) is 4.30. The molecule has 0 spiro atoms. The molecule has 118 valence electrons. The predicted octanol–water partition coefficient (Wildman–Crippen LogP) is 4.54. The van der Waals surface area contributed by atoms with Gasteiger partial charge in [0.25, 0.3) is 0 Å². The summed E-state index contributed by atoms with van der Waals surface area (Å²) in [5.74, 6) is 0.155. The molecule has 2 aromatic carbocycles. The number of phenolic OH excluding ortho intramolecular Hbond substituents is 1. The number of benzene rings is 2. The van der Waals surface area contributed by atoms with Crippen LogP contribution in [0.5, 0.6) is 5.75 Å². The maximum atomic E-state index is 10.3. The summed E-state index contributed by atoms with van der Waals surface area (Å²) in [7, 11) is 0. The molecule has 0 aliphatic heterocycles. The van der Waals surface area contributed by atoms with Crippen LogP contribution >= 0.6 is 11.6 Å². The minimum atomic E-state index is 0.0260. The second-order valence-corrected chi connectivity index (χ2v) is 5.78. The van der Waals surface area contributed by atoms with Crippen LogP contribution < -0.4 is 5.73 Å². The van der Waals surface area contributed by atoms with Gasteiger partial charge < -0.3 is 10.8 Å². The maximum absolute atomic E-state index is 10.3. The molecule has 0 fully saturated rings. The summed E-state index contributed by atoms with van der Waals surface area (Å²) >= 11 is 6.10. The van der Waals surface area contributed by atoms with Crippen LogP contribution in [0.2, 0.25) is 5.02 Å². The molecule has 0 aliphatic rings. The molecule has 3 aromatic rings. The van der Waals surface area contributed by atoms with E-state index in [9.17, 15) is 10.4 Å². The van der Waals surface area contributed by atoms with Gasteiger partial charge in [-0.2, -0.15) is 5.26 Å². The minimum Gasteiger partial charge on any atom is -0.507 e. The molecule has 5 heteroatoms. The highest BCUT2D eigenvalue weighted by molar-refractivity contribution is 6.31. The molecule has 4 nitrogen and oxygen atoms in total. The quantitative estimate of drug-likeness (QED) is 0.720. The van der Waals surface area contributed by atoms with Gasteiger partial charge in [-0.15, -0.1) is 0 Å². The number of phenols is 1. The molecule has 0 bridgehead atoms. The summed E-state index contributed by atoms with van der Waals surface area (Å²) in [6.07, 6.45) is 0. The van der Waals surface area contributed by atoms with Gasteiger partial charge in [-0.05, 0) is 30.7 Å². The van der Waals surface area contributed by atoms with Gasteiger partial charge in [0.1, 0.15) is 23.2 Å². The van der Waals surface area contributed by atoms with Gasteiger partial charge in [-0.3, -0.25) is 0 Å². The highest BCUT2D eigenvalue weighted by Crippen LogP contribution is 2.42. The first-order chi connectivity index (χ1) is 11.5. The van der Waals surface area contributed by atoms with Crippen LogP contribution in [-0.2, 0) is 0 Å². The number of pyridine rings is 1. The molecule has 24 heavy (non-hydrogen) atoms. The number of nitrogens with two attached hydrogens (primary N) is 1. The number of aromatic nitrogens is 1. The molecule has 3 rings (SSSR count). The molecule has 0 atom stereocenters. The fourth-order valence-electron chi connectivity index (χ4n) is 2.78. The largest absolute Gasteiger partial charge is 0.507 e. The lowest BCUT2D eigenvalue weighted by Crippen LogP contribution is -2.03. The van der Waals surface area contributed by atoms with Crippen molar-refractivity contribution < 1.29 is 5.11 Å². The third-order valence-electron chi connectivity index (χ3n) is 3.81. The average Bonchev–Trinajstić information content (AvgIpc) is 2.57. The Morgan fingerprint density at radius 2 is 1.83 bits per heavy atom. The first-order valence-corrected chi connectivity index (χ1v) is 7.65. The minimum absolute atomic E-state index is 0.0260.